The first-order chi connectivity index (χ1) is 11.1. The van der Waals surface area contributed by atoms with Crippen LogP contribution in [-0.4, -0.2) is 46.3 Å². The Morgan fingerprint density at radius 3 is 2.52 bits per heavy atom. The number of amides is 1. The molecule has 1 heterocycles. The minimum Gasteiger partial charge on any atom is -0.350 e. The van der Waals surface area contributed by atoms with E-state index in [-0.39, 0.29) is 11.9 Å². The van der Waals surface area contributed by atoms with E-state index in [2.05, 4.69) is 53.4 Å². The summed E-state index contributed by atoms with van der Waals surface area (Å²) in [6, 6.07) is 10.7. The van der Waals surface area contributed by atoms with Gasteiger partial charge >= 0.3 is 0 Å². The fourth-order valence-electron chi connectivity index (χ4n) is 2.81. The third-order valence-electron chi connectivity index (χ3n) is 4.11. The van der Waals surface area contributed by atoms with Gasteiger partial charge in [0.05, 0.1) is 11.8 Å². The number of hydrogen-bond donors (Lipinski definition) is 1. The number of rotatable bonds is 8. The van der Waals surface area contributed by atoms with Gasteiger partial charge in [-0.05, 0) is 25.1 Å². The maximum Gasteiger partial charge on any atom is 0.254 e. The molecule has 1 amide bonds. The SMILES string of the molecule is CCN(CC)[C@H](CNC(=O)c1cnn(C)c1)Cc1ccccc1. The van der Waals surface area contributed by atoms with Crippen LogP contribution in [-0.2, 0) is 13.5 Å². The molecular weight excluding hydrogens is 288 g/mol. The predicted octanol–water partition coefficient (Wildman–Crippen LogP) is 2.10. The summed E-state index contributed by atoms with van der Waals surface area (Å²) in [5.41, 5.74) is 1.89. The van der Waals surface area contributed by atoms with Crippen molar-refractivity contribution in [2.24, 2.45) is 7.05 Å². The van der Waals surface area contributed by atoms with Gasteiger partial charge in [-0.1, -0.05) is 44.2 Å². The normalized spacial score (nSPS) is 12.3. The Hall–Kier alpha value is -2.14. The molecule has 0 aliphatic rings. The molecule has 2 rings (SSSR count). The summed E-state index contributed by atoms with van der Waals surface area (Å²) in [6.07, 6.45) is 4.26. The number of carbonyl (C=O) groups excluding carboxylic acids is 1. The van der Waals surface area contributed by atoms with E-state index in [0.717, 1.165) is 19.5 Å². The maximum atomic E-state index is 12.2. The Balaban J connectivity index is 2.01. The van der Waals surface area contributed by atoms with Gasteiger partial charge in [0.1, 0.15) is 0 Å². The van der Waals surface area contributed by atoms with Crippen LogP contribution in [0.3, 0.4) is 0 Å². The summed E-state index contributed by atoms with van der Waals surface area (Å²) in [5, 5.41) is 7.09. The topological polar surface area (TPSA) is 50.2 Å². The van der Waals surface area contributed by atoms with Crippen molar-refractivity contribution < 1.29 is 4.79 Å². The van der Waals surface area contributed by atoms with Crippen LogP contribution < -0.4 is 5.32 Å². The maximum absolute atomic E-state index is 12.2. The number of nitrogens with zero attached hydrogens (tertiary/aromatic N) is 3. The van der Waals surface area contributed by atoms with Gasteiger partial charge in [0.25, 0.3) is 5.91 Å². The molecule has 0 aliphatic heterocycles. The summed E-state index contributed by atoms with van der Waals surface area (Å²) in [7, 11) is 1.81. The van der Waals surface area contributed by atoms with Crippen molar-refractivity contribution >= 4 is 5.91 Å². The third kappa shape index (κ3) is 4.93. The average molecular weight is 314 g/mol. The van der Waals surface area contributed by atoms with E-state index in [9.17, 15) is 4.79 Å². The van der Waals surface area contributed by atoms with E-state index in [0.29, 0.717) is 12.1 Å². The molecule has 1 aromatic heterocycles. The number of hydrogen-bond acceptors (Lipinski definition) is 3. The van der Waals surface area contributed by atoms with Crippen LogP contribution in [0.5, 0.6) is 0 Å². The highest BCUT2D eigenvalue weighted by Crippen LogP contribution is 2.09. The Kier molecular flexibility index (Phi) is 6.35. The molecule has 2 aromatic rings. The first-order valence-electron chi connectivity index (χ1n) is 8.18. The Labute approximate surface area is 138 Å². The van der Waals surface area contributed by atoms with E-state index >= 15 is 0 Å². The molecule has 1 N–H and O–H groups in total. The van der Waals surface area contributed by atoms with Gasteiger partial charge in [-0.25, -0.2) is 0 Å². The zero-order valence-electron chi connectivity index (χ0n) is 14.2. The highest BCUT2D eigenvalue weighted by Gasteiger charge is 2.18. The van der Waals surface area contributed by atoms with Crippen molar-refractivity contribution in [3.63, 3.8) is 0 Å². The van der Waals surface area contributed by atoms with Crippen LogP contribution >= 0.6 is 0 Å². The molecule has 0 saturated heterocycles. The molecule has 23 heavy (non-hydrogen) atoms. The van der Waals surface area contributed by atoms with E-state index in [1.165, 1.54) is 5.56 Å². The lowest BCUT2D eigenvalue weighted by Gasteiger charge is -2.30. The second-order valence-corrected chi connectivity index (χ2v) is 5.68. The molecule has 0 aliphatic carbocycles. The molecule has 0 spiro atoms. The summed E-state index contributed by atoms with van der Waals surface area (Å²) in [5.74, 6) is -0.0664. The summed E-state index contributed by atoms with van der Waals surface area (Å²) < 4.78 is 1.64. The fraction of sp³-hybridized carbons (Fsp3) is 0.444. The molecule has 0 unspecified atom stereocenters. The number of aromatic nitrogens is 2. The van der Waals surface area contributed by atoms with E-state index in [1.807, 2.05) is 13.1 Å². The summed E-state index contributed by atoms with van der Waals surface area (Å²) in [4.78, 5) is 14.6. The van der Waals surface area contributed by atoms with Crippen molar-refractivity contribution in [3.8, 4) is 0 Å². The molecule has 5 nitrogen and oxygen atoms in total. The standard InChI is InChI=1S/C18H26N4O/c1-4-22(5-2)17(11-15-9-7-6-8-10-15)13-19-18(23)16-12-20-21(3)14-16/h6-10,12,14,17H,4-5,11,13H2,1-3H3,(H,19,23)/t17-/m0/s1. The fourth-order valence-corrected chi connectivity index (χ4v) is 2.81. The monoisotopic (exact) mass is 314 g/mol. The lowest BCUT2D eigenvalue weighted by atomic mass is 10.0. The zero-order chi connectivity index (χ0) is 16.7. The minimum absolute atomic E-state index is 0.0664. The van der Waals surface area contributed by atoms with Crippen LogP contribution in [0.25, 0.3) is 0 Å². The number of benzene rings is 1. The molecule has 0 fully saturated rings. The molecule has 1 atom stereocenters. The molecule has 0 radical (unpaired) electrons. The third-order valence-corrected chi connectivity index (χ3v) is 4.11. The summed E-state index contributed by atoms with van der Waals surface area (Å²) in [6.45, 7) is 6.88. The Bertz CT molecular complexity index is 604. The van der Waals surface area contributed by atoms with E-state index in [4.69, 9.17) is 0 Å². The quantitative estimate of drug-likeness (QED) is 0.812. The van der Waals surface area contributed by atoms with Crippen molar-refractivity contribution in [2.45, 2.75) is 26.3 Å². The van der Waals surface area contributed by atoms with Crippen LogP contribution in [0.4, 0.5) is 0 Å². The van der Waals surface area contributed by atoms with Gasteiger partial charge < -0.3 is 5.32 Å². The van der Waals surface area contributed by atoms with Crippen LogP contribution in [0.15, 0.2) is 42.7 Å². The minimum atomic E-state index is -0.0664. The van der Waals surface area contributed by atoms with Gasteiger partial charge in [0, 0.05) is 25.8 Å². The van der Waals surface area contributed by atoms with Gasteiger partial charge in [-0.2, -0.15) is 5.10 Å². The zero-order valence-corrected chi connectivity index (χ0v) is 14.2. The van der Waals surface area contributed by atoms with Crippen molar-refractivity contribution in [3.05, 3.63) is 53.9 Å². The summed E-state index contributed by atoms with van der Waals surface area (Å²) >= 11 is 0. The van der Waals surface area contributed by atoms with E-state index < -0.39 is 0 Å². The first-order valence-corrected chi connectivity index (χ1v) is 8.18. The number of likely N-dealkylation sites (N-methyl/N-ethyl adjacent to an activating group) is 1. The van der Waals surface area contributed by atoms with E-state index in [1.54, 1.807) is 17.1 Å². The Morgan fingerprint density at radius 2 is 1.96 bits per heavy atom. The number of carbonyl (C=O) groups is 1. The van der Waals surface area contributed by atoms with Crippen molar-refractivity contribution in [1.29, 1.82) is 0 Å². The average Bonchev–Trinajstić information content (AvgIpc) is 3.00. The van der Waals surface area contributed by atoms with Crippen LogP contribution in [0.2, 0.25) is 0 Å². The Morgan fingerprint density at radius 1 is 1.26 bits per heavy atom. The predicted molar refractivity (Wildman–Crippen MR) is 92.4 cm³/mol. The second-order valence-electron chi connectivity index (χ2n) is 5.68. The van der Waals surface area contributed by atoms with Gasteiger partial charge in [-0.15, -0.1) is 0 Å². The first kappa shape index (κ1) is 17.2. The smallest absolute Gasteiger partial charge is 0.254 e. The van der Waals surface area contributed by atoms with Crippen LogP contribution in [0.1, 0.15) is 29.8 Å². The lowest BCUT2D eigenvalue weighted by molar-refractivity contribution is 0.0934. The van der Waals surface area contributed by atoms with Crippen LogP contribution in [0, 0.1) is 0 Å². The second kappa shape index (κ2) is 8.48. The molecular formula is C18H26N4O. The number of nitrogens with one attached hydrogen (secondary N) is 1. The molecule has 5 heteroatoms. The molecule has 0 bridgehead atoms. The van der Waals surface area contributed by atoms with Crippen molar-refractivity contribution in [2.75, 3.05) is 19.6 Å². The van der Waals surface area contributed by atoms with Gasteiger partial charge in [0.15, 0.2) is 0 Å². The number of aryl methyl sites for hydroxylation is 1. The highest BCUT2D eigenvalue weighted by atomic mass is 16.1. The highest BCUT2D eigenvalue weighted by molar-refractivity contribution is 5.93. The molecule has 1 aromatic carbocycles. The lowest BCUT2D eigenvalue weighted by Crippen LogP contribution is -2.45. The molecule has 0 saturated carbocycles. The van der Waals surface area contributed by atoms with Gasteiger partial charge in [0.2, 0.25) is 0 Å². The largest absolute Gasteiger partial charge is 0.350 e. The van der Waals surface area contributed by atoms with Gasteiger partial charge in [-0.3, -0.25) is 14.4 Å². The molecule has 124 valence electrons. The van der Waals surface area contributed by atoms with Crippen molar-refractivity contribution in [1.82, 2.24) is 20.0 Å².